The van der Waals surface area contributed by atoms with Crippen LogP contribution < -0.4 is 10.6 Å². The summed E-state index contributed by atoms with van der Waals surface area (Å²) in [5.41, 5.74) is 1.60. The molecule has 0 unspecified atom stereocenters. The second kappa shape index (κ2) is 7.40. The fourth-order valence-corrected chi connectivity index (χ4v) is 2.85. The minimum absolute atomic E-state index is 0.0327. The van der Waals surface area contributed by atoms with E-state index in [1.807, 2.05) is 0 Å². The fraction of sp³-hybridized carbons (Fsp3) is 0.0476. The number of amides is 2. The third kappa shape index (κ3) is 3.64. The van der Waals surface area contributed by atoms with Crippen LogP contribution in [0.25, 0.3) is 10.9 Å². The molecular weight excluding hydrogens is 361 g/mol. The molecule has 140 valence electrons. The molecule has 4 rings (SSSR count). The highest BCUT2D eigenvalue weighted by molar-refractivity contribution is 6.05. The SMILES string of the molecule is O=C(NCc1ccco1)c1cc2cc(NC(=O)c3ccccc3F)ccc2[nH]1. The van der Waals surface area contributed by atoms with Crippen molar-refractivity contribution in [3.8, 4) is 0 Å². The number of H-pyrrole nitrogens is 1. The van der Waals surface area contributed by atoms with Crippen LogP contribution >= 0.6 is 0 Å². The summed E-state index contributed by atoms with van der Waals surface area (Å²) in [6.45, 7) is 0.283. The van der Waals surface area contributed by atoms with E-state index in [9.17, 15) is 14.0 Å². The molecular formula is C21H16FN3O3. The number of hydrogen-bond donors (Lipinski definition) is 3. The van der Waals surface area contributed by atoms with E-state index in [-0.39, 0.29) is 18.0 Å². The quantitative estimate of drug-likeness (QED) is 0.490. The fourth-order valence-electron chi connectivity index (χ4n) is 2.85. The van der Waals surface area contributed by atoms with E-state index in [1.54, 1.807) is 48.7 Å². The first kappa shape index (κ1) is 17.5. The summed E-state index contributed by atoms with van der Waals surface area (Å²) >= 11 is 0. The number of benzene rings is 2. The Hall–Kier alpha value is -3.87. The van der Waals surface area contributed by atoms with Gasteiger partial charge in [0.1, 0.15) is 17.3 Å². The van der Waals surface area contributed by atoms with Crippen LogP contribution in [0.3, 0.4) is 0 Å². The molecule has 4 aromatic rings. The maximum absolute atomic E-state index is 13.7. The summed E-state index contributed by atoms with van der Waals surface area (Å²) in [4.78, 5) is 27.6. The molecule has 3 N–H and O–H groups in total. The lowest BCUT2D eigenvalue weighted by atomic mass is 10.2. The van der Waals surface area contributed by atoms with Crippen LogP contribution in [0.5, 0.6) is 0 Å². The number of rotatable bonds is 5. The van der Waals surface area contributed by atoms with Crippen LogP contribution in [0.1, 0.15) is 26.6 Å². The number of anilines is 1. The number of hydrogen-bond acceptors (Lipinski definition) is 3. The Labute approximate surface area is 159 Å². The standard InChI is InChI=1S/C21H16FN3O3/c22-17-6-2-1-5-16(17)20(26)24-14-7-8-18-13(10-14)11-19(25-18)21(27)23-12-15-4-3-9-28-15/h1-11,25H,12H2,(H,23,27)(H,24,26). The predicted molar refractivity (Wildman–Crippen MR) is 103 cm³/mol. The first-order valence-electron chi connectivity index (χ1n) is 8.59. The zero-order valence-electron chi connectivity index (χ0n) is 14.7. The van der Waals surface area contributed by atoms with Crippen molar-refractivity contribution in [2.45, 2.75) is 6.54 Å². The molecule has 0 atom stereocenters. The van der Waals surface area contributed by atoms with Gasteiger partial charge in [0.2, 0.25) is 0 Å². The Morgan fingerprint density at radius 3 is 2.64 bits per heavy atom. The van der Waals surface area contributed by atoms with Crippen LogP contribution in [0.4, 0.5) is 10.1 Å². The van der Waals surface area contributed by atoms with Crippen molar-refractivity contribution < 1.29 is 18.4 Å². The topological polar surface area (TPSA) is 87.1 Å². The summed E-state index contributed by atoms with van der Waals surface area (Å²) < 4.78 is 18.9. The Morgan fingerprint density at radius 1 is 1.00 bits per heavy atom. The molecule has 2 aromatic heterocycles. The van der Waals surface area contributed by atoms with Crippen LogP contribution in [0, 0.1) is 5.82 Å². The number of furan rings is 1. The van der Waals surface area contributed by atoms with Crippen LogP contribution in [0.15, 0.2) is 71.3 Å². The maximum atomic E-state index is 13.7. The Bertz CT molecular complexity index is 1150. The van der Waals surface area contributed by atoms with Gasteiger partial charge in [-0.3, -0.25) is 9.59 Å². The lowest BCUT2D eigenvalue weighted by molar-refractivity contribution is 0.0943. The number of aromatic nitrogens is 1. The van der Waals surface area contributed by atoms with Gasteiger partial charge in [-0.05, 0) is 48.5 Å². The van der Waals surface area contributed by atoms with Gasteiger partial charge in [0, 0.05) is 16.6 Å². The molecule has 0 aliphatic rings. The third-order valence-corrected chi connectivity index (χ3v) is 4.24. The summed E-state index contributed by atoms with van der Waals surface area (Å²) in [6.07, 6.45) is 1.54. The molecule has 0 bridgehead atoms. The lowest BCUT2D eigenvalue weighted by Gasteiger charge is -2.06. The largest absolute Gasteiger partial charge is 0.467 e. The highest BCUT2D eigenvalue weighted by atomic mass is 19.1. The van der Waals surface area contributed by atoms with Crippen molar-refractivity contribution in [2.24, 2.45) is 0 Å². The molecule has 0 fully saturated rings. The van der Waals surface area contributed by atoms with E-state index in [1.165, 1.54) is 18.2 Å². The second-order valence-corrected chi connectivity index (χ2v) is 6.18. The van der Waals surface area contributed by atoms with E-state index >= 15 is 0 Å². The number of aromatic amines is 1. The van der Waals surface area contributed by atoms with E-state index in [4.69, 9.17) is 4.42 Å². The third-order valence-electron chi connectivity index (χ3n) is 4.24. The van der Waals surface area contributed by atoms with E-state index in [2.05, 4.69) is 15.6 Å². The number of nitrogens with one attached hydrogen (secondary N) is 3. The minimum Gasteiger partial charge on any atom is -0.467 e. The maximum Gasteiger partial charge on any atom is 0.268 e. The highest BCUT2D eigenvalue weighted by Crippen LogP contribution is 2.21. The molecule has 28 heavy (non-hydrogen) atoms. The zero-order chi connectivity index (χ0) is 19.5. The first-order valence-corrected chi connectivity index (χ1v) is 8.59. The molecule has 0 aliphatic carbocycles. The summed E-state index contributed by atoms with van der Waals surface area (Å²) in [7, 11) is 0. The van der Waals surface area contributed by atoms with Crippen LogP contribution in [0.2, 0.25) is 0 Å². The predicted octanol–water partition coefficient (Wildman–Crippen LogP) is 4.08. The number of halogens is 1. The monoisotopic (exact) mass is 377 g/mol. The van der Waals surface area contributed by atoms with Crippen molar-refractivity contribution >= 4 is 28.4 Å². The van der Waals surface area contributed by atoms with E-state index in [0.717, 1.165) is 10.9 Å². The Morgan fingerprint density at radius 2 is 1.86 bits per heavy atom. The number of carbonyl (C=O) groups excluding carboxylic acids is 2. The molecule has 2 heterocycles. The second-order valence-electron chi connectivity index (χ2n) is 6.18. The van der Waals surface area contributed by atoms with Gasteiger partial charge in [-0.2, -0.15) is 0 Å². The number of fused-ring (bicyclic) bond motifs is 1. The Balaban J connectivity index is 1.49. The molecule has 0 saturated heterocycles. The lowest BCUT2D eigenvalue weighted by Crippen LogP contribution is -2.22. The molecule has 6 nitrogen and oxygen atoms in total. The van der Waals surface area contributed by atoms with Gasteiger partial charge in [-0.15, -0.1) is 0 Å². The van der Waals surface area contributed by atoms with Crippen molar-refractivity contribution in [1.29, 1.82) is 0 Å². The van der Waals surface area contributed by atoms with Crippen molar-refractivity contribution in [1.82, 2.24) is 10.3 Å². The molecule has 0 spiro atoms. The van der Waals surface area contributed by atoms with Gasteiger partial charge in [0.15, 0.2) is 0 Å². The van der Waals surface area contributed by atoms with E-state index in [0.29, 0.717) is 17.1 Å². The summed E-state index contributed by atoms with van der Waals surface area (Å²) in [6, 6.07) is 16.1. The van der Waals surface area contributed by atoms with Crippen LogP contribution in [-0.4, -0.2) is 16.8 Å². The van der Waals surface area contributed by atoms with Crippen molar-refractivity contribution in [3.63, 3.8) is 0 Å². The average molecular weight is 377 g/mol. The van der Waals surface area contributed by atoms with E-state index < -0.39 is 11.7 Å². The molecule has 2 aromatic carbocycles. The normalized spacial score (nSPS) is 10.8. The highest BCUT2D eigenvalue weighted by Gasteiger charge is 2.13. The van der Waals surface area contributed by atoms with Crippen molar-refractivity contribution in [3.05, 3.63) is 89.8 Å². The summed E-state index contributed by atoms with van der Waals surface area (Å²) in [5.74, 6) is -0.741. The molecule has 7 heteroatoms. The van der Waals surface area contributed by atoms with Gasteiger partial charge in [-0.25, -0.2) is 4.39 Å². The average Bonchev–Trinajstić information content (AvgIpc) is 3.35. The summed E-state index contributed by atoms with van der Waals surface area (Å²) in [5, 5.41) is 6.17. The first-order chi connectivity index (χ1) is 13.6. The zero-order valence-corrected chi connectivity index (χ0v) is 14.7. The molecule has 2 amide bonds. The van der Waals surface area contributed by atoms with Gasteiger partial charge in [0.25, 0.3) is 11.8 Å². The molecule has 0 saturated carbocycles. The minimum atomic E-state index is -0.585. The number of carbonyl (C=O) groups is 2. The van der Waals surface area contributed by atoms with Crippen molar-refractivity contribution in [2.75, 3.05) is 5.32 Å². The molecule has 0 aliphatic heterocycles. The van der Waals surface area contributed by atoms with Gasteiger partial charge in [-0.1, -0.05) is 12.1 Å². The smallest absolute Gasteiger partial charge is 0.268 e. The van der Waals surface area contributed by atoms with Gasteiger partial charge in [0.05, 0.1) is 18.4 Å². The van der Waals surface area contributed by atoms with Crippen LogP contribution in [-0.2, 0) is 6.54 Å². The Kier molecular flexibility index (Phi) is 4.63. The van der Waals surface area contributed by atoms with Gasteiger partial charge < -0.3 is 20.0 Å². The molecule has 0 radical (unpaired) electrons. The van der Waals surface area contributed by atoms with Gasteiger partial charge >= 0.3 is 0 Å².